The summed E-state index contributed by atoms with van der Waals surface area (Å²) in [7, 11) is -3.42. The highest BCUT2D eigenvalue weighted by Gasteiger charge is 2.41. The fourth-order valence-corrected chi connectivity index (χ4v) is 4.13. The van der Waals surface area contributed by atoms with Crippen LogP contribution in [0.5, 0.6) is 0 Å². The van der Waals surface area contributed by atoms with E-state index < -0.39 is 32.9 Å². The molecule has 0 aromatic heterocycles. The Hall–Kier alpha value is -2.29. The van der Waals surface area contributed by atoms with Gasteiger partial charge >= 0.3 is 12.2 Å². The molecule has 2 amide bonds. The minimum atomic E-state index is -3.42. The van der Waals surface area contributed by atoms with Crippen LogP contribution in [0.25, 0.3) is 0 Å². The fourth-order valence-electron chi connectivity index (χ4n) is 2.87. The second-order valence-corrected chi connectivity index (χ2v) is 10.2. The molecular formula is C19H28N2O6S. The van der Waals surface area contributed by atoms with Gasteiger partial charge in [0.1, 0.15) is 12.2 Å². The van der Waals surface area contributed by atoms with Gasteiger partial charge in [-0.2, -0.15) is 0 Å². The third-order valence-corrected chi connectivity index (χ3v) is 5.95. The third kappa shape index (κ3) is 6.70. The second kappa shape index (κ2) is 8.81. The van der Waals surface area contributed by atoms with Crippen molar-refractivity contribution in [1.29, 1.82) is 0 Å². The van der Waals surface area contributed by atoms with Crippen LogP contribution >= 0.6 is 0 Å². The van der Waals surface area contributed by atoms with Gasteiger partial charge < -0.3 is 19.7 Å². The van der Waals surface area contributed by atoms with E-state index in [0.29, 0.717) is 0 Å². The molecule has 1 aliphatic rings. The Morgan fingerprint density at radius 2 is 1.82 bits per heavy atom. The first-order valence-electron chi connectivity index (χ1n) is 9.07. The summed E-state index contributed by atoms with van der Waals surface area (Å²) in [6.07, 6.45) is -0.0165. The lowest BCUT2D eigenvalue weighted by atomic mass is 9.96. The van der Waals surface area contributed by atoms with Crippen molar-refractivity contribution in [2.24, 2.45) is 5.92 Å². The molecule has 1 aromatic carbocycles. The van der Waals surface area contributed by atoms with Crippen LogP contribution in [0.4, 0.5) is 9.59 Å². The van der Waals surface area contributed by atoms with Crippen LogP contribution < -0.4 is 5.32 Å². The van der Waals surface area contributed by atoms with Crippen molar-refractivity contribution >= 4 is 22.0 Å². The zero-order chi connectivity index (χ0) is 20.9. The molecule has 28 heavy (non-hydrogen) atoms. The predicted molar refractivity (Wildman–Crippen MR) is 105 cm³/mol. The number of amides is 2. The molecule has 1 atom stereocenters. The van der Waals surface area contributed by atoms with Crippen LogP contribution in [-0.4, -0.2) is 62.2 Å². The number of ether oxygens (including phenoxy) is 2. The molecule has 2 rings (SSSR count). The zero-order valence-corrected chi connectivity index (χ0v) is 17.5. The molecule has 0 aliphatic carbocycles. The molecule has 1 fully saturated rings. The Morgan fingerprint density at radius 1 is 1.21 bits per heavy atom. The molecule has 0 saturated carbocycles. The Balaban J connectivity index is 1.83. The van der Waals surface area contributed by atoms with Crippen molar-refractivity contribution < 1.29 is 27.5 Å². The zero-order valence-electron chi connectivity index (χ0n) is 16.7. The van der Waals surface area contributed by atoms with Gasteiger partial charge in [0, 0.05) is 31.8 Å². The molecule has 1 N–H and O–H groups in total. The molecule has 1 unspecified atom stereocenters. The van der Waals surface area contributed by atoms with Gasteiger partial charge in [-0.1, -0.05) is 30.3 Å². The van der Waals surface area contributed by atoms with Crippen molar-refractivity contribution in [3.63, 3.8) is 0 Å². The van der Waals surface area contributed by atoms with E-state index in [0.717, 1.165) is 11.8 Å². The number of alkyl carbamates (subject to hydrolysis) is 1. The number of hydrogen-bond donors (Lipinski definition) is 1. The maximum atomic E-state index is 12.1. The Morgan fingerprint density at radius 3 is 2.36 bits per heavy atom. The summed E-state index contributed by atoms with van der Waals surface area (Å²) in [5.41, 5.74) is 0.212. The van der Waals surface area contributed by atoms with Gasteiger partial charge in [-0.15, -0.1) is 0 Å². The van der Waals surface area contributed by atoms with Gasteiger partial charge in [0.05, 0.1) is 5.25 Å². The standard InChI is InChI=1S/C19H28N2O6S/c1-19(2,3)27-17(22)20-10-16(28(4,24)25)15-11-21(12-15)18(23)26-13-14-8-6-5-7-9-14/h5-9,15-16H,10-13H2,1-4H3,(H,20,22). The summed E-state index contributed by atoms with van der Waals surface area (Å²) in [5, 5.41) is 1.72. The molecule has 0 spiro atoms. The average molecular weight is 413 g/mol. The van der Waals surface area contributed by atoms with Gasteiger partial charge in [0.25, 0.3) is 0 Å². The van der Waals surface area contributed by atoms with Gasteiger partial charge in [-0.25, -0.2) is 18.0 Å². The van der Waals surface area contributed by atoms with E-state index in [9.17, 15) is 18.0 Å². The van der Waals surface area contributed by atoms with Crippen LogP contribution in [0.3, 0.4) is 0 Å². The molecule has 8 nitrogen and oxygen atoms in total. The fraction of sp³-hybridized carbons (Fsp3) is 0.579. The number of carbonyl (C=O) groups excluding carboxylic acids is 2. The van der Waals surface area contributed by atoms with Gasteiger partial charge in [0.15, 0.2) is 9.84 Å². The molecule has 1 heterocycles. The molecule has 1 aromatic rings. The van der Waals surface area contributed by atoms with Gasteiger partial charge in [-0.05, 0) is 26.3 Å². The van der Waals surface area contributed by atoms with Crippen molar-refractivity contribution in [2.45, 2.75) is 38.2 Å². The Labute approximate surface area is 166 Å². The van der Waals surface area contributed by atoms with E-state index in [4.69, 9.17) is 9.47 Å². The molecule has 156 valence electrons. The summed E-state index contributed by atoms with van der Waals surface area (Å²) in [4.78, 5) is 25.4. The van der Waals surface area contributed by atoms with E-state index in [1.807, 2.05) is 30.3 Å². The smallest absolute Gasteiger partial charge is 0.410 e. The van der Waals surface area contributed by atoms with E-state index in [1.54, 1.807) is 20.8 Å². The molecule has 0 bridgehead atoms. The van der Waals surface area contributed by atoms with Crippen LogP contribution in [0.2, 0.25) is 0 Å². The molecule has 0 radical (unpaired) electrons. The largest absolute Gasteiger partial charge is 0.445 e. The third-order valence-electron chi connectivity index (χ3n) is 4.30. The highest BCUT2D eigenvalue weighted by molar-refractivity contribution is 7.91. The van der Waals surface area contributed by atoms with Crippen molar-refractivity contribution in [3.8, 4) is 0 Å². The molecule has 1 saturated heterocycles. The highest BCUT2D eigenvalue weighted by Crippen LogP contribution is 2.24. The van der Waals surface area contributed by atoms with Gasteiger partial charge in [-0.3, -0.25) is 0 Å². The summed E-state index contributed by atoms with van der Waals surface area (Å²) in [6, 6.07) is 9.30. The Kier molecular flexibility index (Phi) is 6.92. The van der Waals surface area contributed by atoms with Crippen LogP contribution in [-0.2, 0) is 25.9 Å². The first-order valence-corrected chi connectivity index (χ1v) is 11.0. The van der Waals surface area contributed by atoms with Crippen LogP contribution in [0.15, 0.2) is 30.3 Å². The molecule has 9 heteroatoms. The topological polar surface area (TPSA) is 102 Å². The number of rotatable bonds is 6. The maximum absolute atomic E-state index is 12.1. The van der Waals surface area contributed by atoms with E-state index >= 15 is 0 Å². The van der Waals surface area contributed by atoms with Crippen molar-refractivity contribution in [2.75, 3.05) is 25.9 Å². The van der Waals surface area contributed by atoms with Crippen molar-refractivity contribution in [3.05, 3.63) is 35.9 Å². The average Bonchev–Trinajstić information content (AvgIpc) is 2.52. The normalized spacial score (nSPS) is 16.1. The summed E-state index contributed by atoms with van der Waals surface area (Å²) >= 11 is 0. The van der Waals surface area contributed by atoms with Crippen LogP contribution in [0, 0.1) is 5.92 Å². The van der Waals surface area contributed by atoms with E-state index in [1.165, 1.54) is 4.90 Å². The number of likely N-dealkylation sites (tertiary alicyclic amines) is 1. The highest BCUT2D eigenvalue weighted by atomic mass is 32.2. The molecule has 1 aliphatic heterocycles. The van der Waals surface area contributed by atoms with Gasteiger partial charge in [0.2, 0.25) is 0 Å². The van der Waals surface area contributed by atoms with E-state index in [2.05, 4.69) is 5.32 Å². The number of nitrogens with zero attached hydrogens (tertiary/aromatic N) is 1. The first-order chi connectivity index (χ1) is 13.0. The molecular weight excluding hydrogens is 384 g/mol. The van der Waals surface area contributed by atoms with Crippen molar-refractivity contribution in [1.82, 2.24) is 10.2 Å². The van der Waals surface area contributed by atoms with Crippen LogP contribution in [0.1, 0.15) is 26.3 Å². The lowest BCUT2D eigenvalue weighted by Crippen LogP contribution is -2.58. The number of sulfone groups is 1. The SMILES string of the molecule is CC(C)(C)OC(=O)NCC(C1CN(C(=O)OCc2ccccc2)C1)S(C)(=O)=O. The van der Waals surface area contributed by atoms with E-state index in [-0.39, 0.29) is 32.2 Å². The number of carbonyl (C=O) groups is 2. The minimum absolute atomic E-state index is 0.0642. The number of benzene rings is 1. The first kappa shape index (κ1) is 22.0. The lowest BCUT2D eigenvalue weighted by Gasteiger charge is -2.41. The number of nitrogens with one attached hydrogen (secondary N) is 1. The summed E-state index contributed by atoms with van der Waals surface area (Å²) in [5.74, 6) is -0.269. The monoisotopic (exact) mass is 412 g/mol. The predicted octanol–water partition coefficient (Wildman–Crippen LogP) is 2.19. The number of hydrogen-bond acceptors (Lipinski definition) is 6. The summed E-state index contributed by atoms with van der Waals surface area (Å²) in [6.45, 7) is 5.81. The lowest BCUT2D eigenvalue weighted by molar-refractivity contribution is 0.0434. The summed E-state index contributed by atoms with van der Waals surface area (Å²) < 4.78 is 34.6. The quantitative estimate of drug-likeness (QED) is 0.768. The minimum Gasteiger partial charge on any atom is -0.445 e. The Bertz CT molecular complexity index is 782. The second-order valence-electron chi connectivity index (χ2n) is 7.96. The maximum Gasteiger partial charge on any atom is 0.410 e.